The van der Waals surface area contributed by atoms with Crippen molar-refractivity contribution >= 4 is 11.7 Å². The average Bonchev–Trinajstić information content (AvgIpc) is 2.75. The van der Waals surface area contributed by atoms with E-state index in [0.717, 1.165) is 31.0 Å². The van der Waals surface area contributed by atoms with Gasteiger partial charge < -0.3 is 19.6 Å². The van der Waals surface area contributed by atoms with Crippen LogP contribution in [0.3, 0.4) is 0 Å². The number of hydrogen-bond donors (Lipinski definition) is 1. The van der Waals surface area contributed by atoms with Crippen LogP contribution in [0.1, 0.15) is 35.6 Å². The Labute approximate surface area is 170 Å². The second-order valence-electron chi connectivity index (χ2n) is 7.96. The number of piperidine rings is 2. The SMILES string of the molecule is COc1ccnc(C(=O)N2CCC[C@]3(C2)CN(c2ccnc(C)n2)CC[C@H]3O)c1. The summed E-state index contributed by atoms with van der Waals surface area (Å²) in [6.07, 6.45) is 5.28. The number of anilines is 1. The normalized spacial score (nSPS) is 24.6. The number of likely N-dealkylation sites (tertiary alicyclic amines) is 1. The summed E-state index contributed by atoms with van der Waals surface area (Å²) >= 11 is 0. The second kappa shape index (κ2) is 7.94. The van der Waals surface area contributed by atoms with Crippen molar-refractivity contribution in [3.05, 3.63) is 42.1 Å². The summed E-state index contributed by atoms with van der Waals surface area (Å²) in [6, 6.07) is 5.29. The zero-order valence-corrected chi connectivity index (χ0v) is 16.9. The lowest BCUT2D eigenvalue weighted by Gasteiger charge is -2.51. The number of amides is 1. The number of aliphatic hydroxyl groups excluding tert-OH is 1. The van der Waals surface area contributed by atoms with Crippen LogP contribution in [0, 0.1) is 12.3 Å². The van der Waals surface area contributed by atoms with Crippen molar-refractivity contribution in [3.8, 4) is 5.75 Å². The first kappa shape index (κ1) is 19.6. The van der Waals surface area contributed by atoms with Crippen LogP contribution in [0.15, 0.2) is 30.6 Å². The van der Waals surface area contributed by atoms with Gasteiger partial charge in [0.15, 0.2) is 0 Å². The average molecular weight is 397 g/mol. The Morgan fingerprint density at radius 2 is 2.07 bits per heavy atom. The van der Waals surface area contributed by atoms with Crippen molar-refractivity contribution in [1.82, 2.24) is 19.9 Å². The molecule has 2 fully saturated rings. The molecule has 2 aliphatic rings. The van der Waals surface area contributed by atoms with E-state index in [1.54, 1.807) is 31.6 Å². The summed E-state index contributed by atoms with van der Waals surface area (Å²) < 4.78 is 5.22. The van der Waals surface area contributed by atoms with Crippen LogP contribution in [0.4, 0.5) is 5.82 Å². The first-order valence-corrected chi connectivity index (χ1v) is 10.0. The fraction of sp³-hybridized carbons (Fsp3) is 0.524. The van der Waals surface area contributed by atoms with Crippen molar-refractivity contribution < 1.29 is 14.6 Å². The number of rotatable bonds is 3. The lowest BCUT2D eigenvalue weighted by Crippen LogP contribution is -2.60. The van der Waals surface area contributed by atoms with Crippen molar-refractivity contribution in [2.24, 2.45) is 5.41 Å². The minimum Gasteiger partial charge on any atom is -0.497 e. The largest absolute Gasteiger partial charge is 0.497 e. The maximum absolute atomic E-state index is 13.1. The number of carbonyl (C=O) groups excluding carboxylic acids is 1. The van der Waals surface area contributed by atoms with Gasteiger partial charge in [0.25, 0.3) is 5.91 Å². The summed E-state index contributed by atoms with van der Waals surface area (Å²) in [4.78, 5) is 30.1. The molecule has 2 aliphatic heterocycles. The molecule has 0 aromatic carbocycles. The van der Waals surface area contributed by atoms with E-state index in [2.05, 4.69) is 19.9 Å². The van der Waals surface area contributed by atoms with Gasteiger partial charge in [-0.15, -0.1) is 0 Å². The number of carbonyl (C=O) groups is 1. The predicted octanol–water partition coefficient (Wildman–Crippen LogP) is 1.68. The van der Waals surface area contributed by atoms with E-state index in [-0.39, 0.29) is 11.3 Å². The van der Waals surface area contributed by atoms with Crippen LogP contribution >= 0.6 is 0 Å². The van der Waals surface area contributed by atoms with E-state index in [4.69, 9.17) is 4.74 Å². The molecule has 0 bridgehead atoms. The number of ether oxygens (including phenoxy) is 1. The van der Waals surface area contributed by atoms with E-state index < -0.39 is 6.10 Å². The Balaban J connectivity index is 1.55. The number of aryl methyl sites for hydroxylation is 1. The number of aromatic nitrogens is 3. The maximum Gasteiger partial charge on any atom is 0.272 e. The van der Waals surface area contributed by atoms with Gasteiger partial charge in [0.05, 0.1) is 13.2 Å². The number of methoxy groups -OCH3 is 1. The first-order chi connectivity index (χ1) is 14.0. The minimum atomic E-state index is -0.449. The van der Waals surface area contributed by atoms with Gasteiger partial charge in [-0.1, -0.05) is 0 Å². The highest BCUT2D eigenvalue weighted by molar-refractivity contribution is 5.92. The molecule has 154 valence electrons. The minimum absolute atomic E-state index is 0.120. The molecule has 8 nitrogen and oxygen atoms in total. The van der Waals surface area contributed by atoms with Gasteiger partial charge in [0.2, 0.25) is 0 Å². The Morgan fingerprint density at radius 3 is 2.86 bits per heavy atom. The number of aliphatic hydroxyl groups is 1. The topological polar surface area (TPSA) is 91.7 Å². The molecule has 0 saturated carbocycles. The van der Waals surface area contributed by atoms with Crippen LogP contribution in [0.2, 0.25) is 0 Å². The number of nitrogens with zero attached hydrogens (tertiary/aromatic N) is 5. The molecule has 1 amide bonds. The molecule has 0 radical (unpaired) electrons. The van der Waals surface area contributed by atoms with E-state index in [0.29, 0.717) is 37.5 Å². The predicted molar refractivity (Wildman–Crippen MR) is 108 cm³/mol. The summed E-state index contributed by atoms with van der Waals surface area (Å²) in [5.74, 6) is 2.09. The summed E-state index contributed by atoms with van der Waals surface area (Å²) in [5.41, 5.74) is -0.000797. The molecular formula is C21H27N5O3. The number of hydrogen-bond acceptors (Lipinski definition) is 7. The van der Waals surface area contributed by atoms with Gasteiger partial charge in [0.1, 0.15) is 23.1 Å². The second-order valence-corrected chi connectivity index (χ2v) is 7.96. The zero-order chi connectivity index (χ0) is 20.4. The van der Waals surface area contributed by atoms with E-state index in [1.165, 1.54) is 0 Å². The molecule has 1 spiro atoms. The highest BCUT2D eigenvalue weighted by Gasteiger charge is 2.46. The van der Waals surface area contributed by atoms with E-state index in [9.17, 15) is 9.90 Å². The van der Waals surface area contributed by atoms with Crippen molar-refractivity contribution in [2.45, 2.75) is 32.3 Å². The molecule has 4 heterocycles. The van der Waals surface area contributed by atoms with Gasteiger partial charge in [-0.25, -0.2) is 9.97 Å². The van der Waals surface area contributed by atoms with Gasteiger partial charge in [-0.05, 0) is 38.3 Å². The van der Waals surface area contributed by atoms with E-state index >= 15 is 0 Å². The maximum atomic E-state index is 13.1. The van der Waals surface area contributed by atoms with Crippen molar-refractivity contribution in [3.63, 3.8) is 0 Å². The third kappa shape index (κ3) is 3.89. The molecule has 2 aromatic heterocycles. The fourth-order valence-corrected chi connectivity index (χ4v) is 4.52. The smallest absolute Gasteiger partial charge is 0.272 e. The molecule has 8 heteroatoms. The number of pyridine rings is 1. The third-order valence-electron chi connectivity index (χ3n) is 6.05. The van der Waals surface area contributed by atoms with Crippen LogP contribution in [0.25, 0.3) is 0 Å². The summed E-state index contributed by atoms with van der Waals surface area (Å²) in [6.45, 7) is 4.45. The van der Waals surface area contributed by atoms with Crippen molar-refractivity contribution in [1.29, 1.82) is 0 Å². The van der Waals surface area contributed by atoms with E-state index in [1.807, 2.05) is 17.9 Å². The molecule has 2 saturated heterocycles. The molecule has 2 aromatic rings. The quantitative estimate of drug-likeness (QED) is 0.842. The van der Waals surface area contributed by atoms with Gasteiger partial charge in [-0.2, -0.15) is 0 Å². The van der Waals surface area contributed by atoms with Crippen LogP contribution in [0.5, 0.6) is 5.75 Å². The van der Waals surface area contributed by atoms with Gasteiger partial charge in [-0.3, -0.25) is 9.78 Å². The molecule has 1 N–H and O–H groups in total. The molecule has 0 aliphatic carbocycles. The van der Waals surface area contributed by atoms with Crippen LogP contribution < -0.4 is 9.64 Å². The molecule has 29 heavy (non-hydrogen) atoms. The highest BCUT2D eigenvalue weighted by Crippen LogP contribution is 2.40. The Kier molecular flexibility index (Phi) is 5.36. The summed E-state index contributed by atoms with van der Waals surface area (Å²) in [5, 5.41) is 10.9. The van der Waals surface area contributed by atoms with Crippen LogP contribution in [-0.4, -0.2) is 70.3 Å². The Morgan fingerprint density at radius 1 is 1.24 bits per heavy atom. The molecule has 2 atom stereocenters. The standard InChI is InChI=1S/C21H27N5O3/c1-15-22-9-5-19(24-15)25-11-6-18(27)21(13-25)7-3-10-26(14-21)20(28)17-12-16(29-2)4-8-23-17/h4-5,8-9,12,18,27H,3,6-7,10-11,13-14H2,1-2H3/t18-,21-/m1/s1. The first-order valence-electron chi connectivity index (χ1n) is 10.0. The fourth-order valence-electron chi connectivity index (χ4n) is 4.52. The van der Waals surface area contributed by atoms with Gasteiger partial charge >= 0.3 is 0 Å². The lowest BCUT2D eigenvalue weighted by atomic mass is 9.71. The molecule has 0 unspecified atom stereocenters. The zero-order valence-electron chi connectivity index (χ0n) is 16.9. The van der Waals surface area contributed by atoms with Crippen LogP contribution in [-0.2, 0) is 0 Å². The lowest BCUT2D eigenvalue weighted by molar-refractivity contribution is -0.0363. The Hall–Kier alpha value is -2.74. The Bertz CT molecular complexity index is 892. The monoisotopic (exact) mass is 397 g/mol. The highest BCUT2D eigenvalue weighted by atomic mass is 16.5. The van der Waals surface area contributed by atoms with Crippen molar-refractivity contribution in [2.75, 3.05) is 38.2 Å². The molecular weight excluding hydrogens is 370 g/mol. The molecule has 4 rings (SSSR count). The summed E-state index contributed by atoms with van der Waals surface area (Å²) in [7, 11) is 1.57. The van der Waals surface area contributed by atoms with Gasteiger partial charge in [0, 0.05) is 50.1 Å². The third-order valence-corrected chi connectivity index (χ3v) is 6.05.